The number of rotatable bonds is 14. The Kier molecular flexibility index (Phi) is 11.1. The van der Waals surface area contributed by atoms with Crippen molar-refractivity contribution in [2.75, 3.05) is 5.73 Å². The number of thiazole rings is 1. The summed E-state index contributed by atoms with van der Waals surface area (Å²) < 4.78 is 30.8. The van der Waals surface area contributed by atoms with Crippen LogP contribution < -0.4 is 21.4 Å². The summed E-state index contributed by atoms with van der Waals surface area (Å²) in [5.74, 6) is -1.19. The van der Waals surface area contributed by atoms with Gasteiger partial charge in [0, 0.05) is 5.41 Å². The van der Waals surface area contributed by atoms with Crippen molar-refractivity contribution in [3.8, 4) is 11.5 Å². The third-order valence-electron chi connectivity index (χ3n) is 6.26. The summed E-state index contributed by atoms with van der Waals surface area (Å²) >= 11 is 1.07. The van der Waals surface area contributed by atoms with Gasteiger partial charge in [0.1, 0.15) is 22.7 Å². The summed E-state index contributed by atoms with van der Waals surface area (Å²) in [4.78, 5) is 43.1. The van der Waals surface area contributed by atoms with Crippen molar-refractivity contribution in [2.45, 2.75) is 99.4 Å². The predicted octanol–water partition coefficient (Wildman–Crippen LogP) is 4.67. The topological polar surface area (TPSA) is 163 Å². The number of nitrogens with zero attached hydrogens (tertiary/aromatic N) is 1. The number of nitrogen functional groups attached to an aromatic ring is 1. The molecule has 0 saturated carbocycles. The Hall–Kier alpha value is -2.53. The highest BCUT2D eigenvalue weighted by atomic mass is 32.1. The minimum atomic E-state index is -3.96. The van der Waals surface area contributed by atoms with Crippen molar-refractivity contribution in [3.63, 3.8) is 0 Å². The van der Waals surface area contributed by atoms with E-state index in [9.17, 15) is 18.9 Å². The van der Waals surface area contributed by atoms with Crippen LogP contribution in [0, 0.1) is 5.41 Å². The first kappa shape index (κ1) is 32.7. The molecule has 0 fully saturated rings. The zero-order valence-corrected chi connectivity index (χ0v) is 25.8. The number of aromatic nitrogens is 1. The number of ether oxygens (including phenoxy) is 2. The average molecular weight is 585 g/mol. The Labute approximate surface area is 234 Å². The van der Waals surface area contributed by atoms with Crippen LogP contribution in [0.5, 0.6) is 0 Å². The minimum absolute atomic E-state index is 0.0791. The van der Waals surface area contributed by atoms with Crippen molar-refractivity contribution >= 4 is 47.1 Å². The Balaban J connectivity index is 2.52. The summed E-state index contributed by atoms with van der Waals surface area (Å²) in [6.07, 6.45) is 0.487. The molecule has 2 rings (SSSR count). The quantitative estimate of drug-likeness (QED) is 0.161. The molecule has 0 saturated heterocycles. The third-order valence-corrected chi connectivity index (χ3v) is 9.50. The molecular weight excluding hydrogens is 543 g/mol. The molecule has 0 amide bonds. The van der Waals surface area contributed by atoms with Crippen LogP contribution in [0.15, 0.2) is 16.5 Å². The molecule has 0 radical (unpaired) electrons. The van der Waals surface area contributed by atoms with E-state index in [0.717, 1.165) is 11.3 Å². The Morgan fingerprint density at radius 3 is 1.92 bits per heavy atom. The number of furan rings is 1. The van der Waals surface area contributed by atoms with E-state index >= 15 is 0 Å². The zero-order valence-electron chi connectivity index (χ0n) is 24.1. The van der Waals surface area contributed by atoms with Crippen LogP contribution in [0.3, 0.4) is 0 Å². The molecule has 0 aliphatic rings. The number of Topliss-reactive ketones (excluding diaryl/α,β-unsaturated/α-hetero) is 1. The van der Waals surface area contributed by atoms with Gasteiger partial charge in [0.25, 0.3) is 7.44 Å². The highest BCUT2D eigenvalue weighted by Crippen LogP contribution is 2.41. The summed E-state index contributed by atoms with van der Waals surface area (Å²) in [6.45, 7) is 15.6. The van der Waals surface area contributed by atoms with E-state index < -0.39 is 36.9 Å². The maximum absolute atomic E-state index is 14.3. The molecule has 2 atom stereocenters. The summed E-state index contributed by atoms with van der Waals surface area (Å²) in [6, 6.07) is 0.934. The highest BCUT2D eigenvalue weighted by Gasteiger charge is 2.38. The second-order valence-corrected chi connectivity index (χ2v) is 13.5. The van der Waals surface area contributed by atoms with Crippen LogP contribution in [-0.4, -0.2) is 47.0 Å². The van der Waals surface area contributed by atoms with E-state index in [-0.39, 0.29) is 40.1 Å². The first-order valence-electron chi connectivity index (χ1n) is 13.0. The maximum atomic E-state index is 14.3. The lowest BCUT2D eigenvalue weighted by Crippen LogP contribution is -2.45. The van der Waals surface area contributed by atoms with E-state index in [2.05, 4.69) is 15.2 Å². The molecule has 218 valence electrons. The van der Waals surface area contributed by atoms with Gasteiger partial charge in [0.15, 0.2) is 22.2 Å². The number of nitrogens with one attached hydrogen (secondary N) is 2. The van der Waals surface area contributed by atoms with Crippen LogP contribution in [-0.2, 0) is 23.6 Å². The first-order valence-corrected chi connectivity index (χ1v) is 15.6. The molecule has 0 bridgehead atoms. The fraction of sp³-hybridized carbons (Fsp3) is 0.615. The molecule has 0 aliphatic heterocycles. The zero-order chi connectivity index (χ0) is 29.7. The SMILES string of the molecule is CCC(C)(CC)C(=O)c1sc(N)nc1-c1ccc(P(=O)(N[C@@H](C)C(=O)OC(C)C)N[C@@H](C)C(=O)OC(C)C)o1. The van der Waals surface area contributed by atoms with Crippen LogP contribution in [0.4, 0.5) is 5.13 Å². The van der Waals surface area contributed by atoms with Crippen molar-refractivity contribution in [3.05, 3.63) is 17.0 Å². The molecule has 0 aliphatic carbocycles. The minimum Gasteiger partial charge on any atom is -0.462 e. The van der Waals surface area contributed by atoms with Gasteiger partial charge >= 0.3 is 11.9 Å². The van der Waals surface area contributed by atoms with Gasteiger partial charge in [0.2, 0.25) is 0 Å². The molecular formula is C26H41N4O7PS. The Morgan fingerprint density at radius 1 is 1.00 bits per heavy atom. The largest absolute Gasteiger partial charge is 0.462 e. The molecule has 0 spiro atoms. The predicted molar refractivity (Wildman–Crippen MR) is 152 cm³/mol. The lowest BCUT2D eigenvalue weighted by Gasteiger charge is -2.25. The fourth-order valence-corrected chi connectivity index (χ4v) is 6.68. The number of ketones is 1. The van der Waals surface area contributed by atoms with Crippen molar-refractivity contribution < 1.29 is 32.8 Å². The van der Waals surface area contributed by atoms with E-state index in [1.54, 1.807) is 27.7 Å². The van der Waals surface area contributed by atoms with Gasteiger partial charge in [-0.05, 0) is 66.5 Å². The molecule has 2 aromatic rings. The van der Waals surface area contributed by atoms with E-state index in [1.807, 2.05) is 20.8 Å². The van der Waals surface area contributed by atoms with Gasteiger partial charge in [-0.2, -0.15) is 0 Å². The number of anilines is 1. The Morgan fingerprint density at radius 2 is 1.49 bits per heavy atom. The van der Waals surface area contributed by atoms with E-state index in [4.69, 9.17) is 19.6 Å². The first-order chi connectivity index (χ1) is 18.1. The lowest BCUT2D eigenvalue weighted by atomic mass is 9.79. The molecule has 39 heavy (non-hydrogen) atoms. The number of carbonyl (C=O) groups is 3. The van der Waals surface area contributed by atoms with Gasteiger partial charge in [-0.25, -0.2) is 15.2 Å². The third kappa shape index (κ3) is 8.00. The van der Waals surface area contributed by atoms with Gasteiger partial charge < -0.3 is 19.6 Å². The number of nitrogens with two attached hydrogens (primary N) is 1. The average Bonchev–Trinajstić information content (AvgIpc) is 3.49. The van der Waals surface area contributed by atoms with Crippen molar-refractivity contribution in [1.29, 1.82) is 0 Å². The lowest BCUT2D eigenvalue weighted by molar-refractivity contribution is -0.149. The summed E-state index contributed by atoms with van der Waals surface area (Å²) in [5.41, 5.74) is 5.54. The molecule has 0 aromatic carbocycles. The van der Waals surface area contributed by atoms with Crippen LogP contribution in [0.1, 0.15) is 84.8 Å². The second kappa shape index (κ2) is 13.2. The fourth-order valence-electron chi connectivity index (χ4n) is 3.61. The molecule has 11 nitrogen and oxygen atoms in total. The molecule has 0 unspecified atom stereocenters. The maximum Gasteiger partial charge on any atom is 0.323 e. The van der Waals surface area contributed by atoms with Crippen molar-refractivity contribution in [1.82, 2.24) is 15.2 Å². The number of carbonyl (C=O) groups excluding carboxylic acids is 3. The molecule has 2 aromatic heterocycles. The molecule has 13 heteroatoms. The number of hydrogen-bond donors (Lipinski definition) is 3. The van der Waals surface area contributed by atoms with Gasteiger partial charge in [-0.3, -0.25) is 18.9 Å². The van der Waals surface area contributed by atoms with Gasteiger partial charge in [0.05, 0.1) is 12.2 Å². The van der Waals surface area contributed by atoms with Gasteiger partial charge in [-0.1, -0.05) is 32.1 Å². The second-order valence-electron chi connectivity index (χ2n) is 10.2. The normalized spacial score (nSPS) is 13.9. The Bertz CT molecular complexity index is 1180. The molecule has 4 N–H and O–H groups in total. The monoisotopic (exact) mass is 584 g/mol. The summed E-state index contributed by atoms with van der Waals surface area (Å²) in [7, 11) is -3.96. The van der Waals surface area contributed by atoms with Crippen molar-refractivity contribution in [2.24, 2.45) is 5.41 Å². The standard InChI is InChI=1S/C26H41N4O7PS/c1-10-26(9,11-2)22(31)21-20(28-25(27)39-21)18-12-13-19(37-18)38(34,29-16(7)23(32)35-14(3)4)30-17(8)24(33)36-15(5)6/h12-17H,10-11H2,1-9H3,(H2,27,28)(H2,29,30,34)/t16-,17-/m0/s1. The van der Waals surface area contributed by atoms with Crippen LogP contribution in [0.25, 0.3) is 11.5 Å². The number of hydrogen-bond acceptors (Lipinski definition) is 10. The van der Waals surface area contributed by atoms with Crippen LogP contribution in [0.2, 0.25) is 0 Å². The molecule has 2 heterocycles. The van der Waals surface area contributed by atoms with E-state index in [1.165, 1.54) is 26.0 Å². The highest BCUT2D eigenvalue weighted by molar-refractivity contribution is 7.67. The number of esters is 2. The van der Waals surface area contributed by atoms with Gasteiger partial charge in [-0.15, -0.1) is 0 Å². The van der Waals surface area contributed by atoms with E-state index in [0.29, 0.717) is 17.7 Å². The smallest absolute Gasteiger partial charge is 0.323 e. The van der Waals surface area contributed by atoms with Crippen LogP contribution >= 0.6 is 18.8 Å². The summed E-state index contributed by atoms with van der Waals surface area (Å²) in [5, 5.41) is 5.72.